The Kier molecular flexibility index (Phi) is 9.39. The lowest BCUT2D eigenvalue weighted by atomic mass is 9.87. The minimum Gasteiger partial charge on any atom is -0.497 e. The number of pyridine rings is 1. The van der Waals surface area contributed by atoms with Gasteiger partial charge in [0.15, 0.2) is 0 Å². The van der Waals surface area contributed by atoms with Crippen molar-refractivity contribution in [2.75, 3.05) is 72.0 Å². The van der Waals surface area contributed by atoms with Crippen LogP contribution in [0.4, 0.5) is 10.5 Å². The fraction of sp³-hybridized carbons (Fsp3) is 0.412. The fourth-order valence-corrected chi connectivity index (χ4v) is 8.42. The summed E-state index contributed by atoms with van der Waals surface area (Å²) < 4.78 is 52.1. The highest BCUT2D eigenvalue weighted by Crippen LogP contribution is 2.52. The van der Waals surface area contributed by atoms with Crippen LogP contribution in [0.5, 0.6) is 17.4 Å². The molecule has 6 rings (SSSR count). The lowest BCUT2D eigenvalue weighted by molar-refractivity contribution is -0.132. The fourth-order valence-electron chi connectivity index (χ4n) is 6.82. The van der Waals surface area contributed by atoms with Gasteiger partial charge < -0.3 is 28.7 Å². The highest BCUT2D eigenvalue weighted by molar-refractivity contribution is 7.93. The third kappa shape index (κ3) is 5.90. The van der Waals surface area contributed by atoms with Crippen molar-refractivity contribution in [1.82, 2.24) is 19.7 Å². The van der Waals surface area contributed by atoms with Gasteiger partial charge in [-0.25, -0.2) is 18.2 Å². The second kappa shape index (κ2) is 13.5. The van der Waals surface area contributed by atoms with E-state index in [0.717, 1.165) is 25.9 Å². The maximum Gasteiger partial charge on any atom is 0.411 e. The van der Waals surface area contributed by atoms with Gasteiger partial charge in [0.2, 0.25) is 5.88 Å². The van der Waals surface area contributed by atoms with Crippen LogP contribution in [-0.2, 0) is 25.2 Å². The van der Waals surface area contributed by atoms with Gasteiger partial charge in [-0.2, -0.15) is 9.57 Å². The zero-order valence-corrected chi connectivity index (χ0v) is 28.6. The summed E-state index contributed by atoms with van der Waals surface area (Å²) in [7, 11) is 1.45. The molecule has 0 bridgehead atoms. The molecule has 14 nitrogen and oxygen atoms in total. The molecule has 3 aliphatic heterocycles. The van der Waals surface area contributed by atoms with Crippen molar-refractivity contribution in [3.8, 4) is 23.4 Å². The van der Waals surface area contributed by atoms with Crippen LogP contribution in [0.3, 0.4) is 0 Å². The number of nitrogens with zero attached hydrogens (tertiary/aromatic N) is 6. The van der Waals surface area contributed by atoms with Gasteiger partial charge in [0.25, 0.3) is 21.5 Å². The monoisotopic (exact) mass is 690 g/mol. The van der Waals surface area contributed by atoms with E-state index in [1.54, 1.807) is 0 Å². The topological polar surface area (TPSA) is 155 Å². The summed E-state index contributed by atoms with van der Waals surface area (Å²) in [5, 5.41) is 9.87. The molecular formula is C34H38N6O8S. The molecule has 0 aliphatic carbocycles. The Hall–Kier alpha value is -4.91. The van der Waals surface area contributed by atoms with Gasteiger partial charge in [-0.15, -0.1) is 0 Å². The summed E-state index contributed by atoms with van der Waals surface area (Å²) in [5.74, 6) is -0.912. The molecule has 258 valence electrons. The number of amides is 2. The van der Waals surface area contributed by atoms with E-state index < -0.39 is 27.6 Å². The maximum absolute atomic E-state index is 15.0. The molecule has 3 aromatic rings. The lowest BCUT2D eigenvalue weighted by Gasteiger charge is -2.42. The molecule has 3 aliphatic rings. The number of methoxy groups -OCH3 is 3. The summed E-state index contributed by atoms with van der Waals surface area (Å²) in [6.07, 6.45) is 2.70. The number of sulfonamides is 1. The number of carbonyl (C=O) groups is 2. The second-order valence-electron chi connectivity index (χ2n) is 12.1. The van der Waals surface area contributed by atoms with Crippen LogP contribution >= 0.6 is 0 Å². The minimum absolute atomic E-state index is 0.00320. The Morgan fingerprint density at radius 1 is 0.939 bits per heavy atom. The highest BCUT2D eigenvalue weighted by atomic mass is 32.2. The first-order chi connectivity index (χ1) is 23.6. The summed E-state index contributed by atoms with van der Waals surface area (Å²) in [6.45, 7) is 3.94. The quantitative estimate of drug-likeness (QED) is 0.341. The summed E-state index contributed by atoms with van der Waals surface area (Å²) in [5.41, 5.74) is -2.42. The molecule has 2 fully saturated rings. The number of ether oxygens (including phenoxy) is 4. The predicted molar refractivity (Wildman–Crippen MR) is 177 cm³/mol. The van der Waals surface area contributed by atoms with Crippen LogP contribution in [0.15, 0.2) is 59.6 Å². The number of likely N-dealkylation sites (tertiary alicyclic amines) is 1. The third-order valence-electron chi connectivity index (χ3n) is 9.46. The molecule has 0 N–H and O–H groups in total. The van der Waals surface area contributed by atoms with Crippen molar-refractivity contribution in [3.63, 3.8) is 0 Å². The van der Waals surface area contributed by atoms with E-state index in [1.165, 1.54) is 81.0 Å². The van der Waals surface area contributed by atoms with Gasteiger partial charge in [-0.3, -0.25) is 9.69 Å². The number of fused-ring (bicyclic) bond motifs is 1. The number of benzene rings is 2. The van der Waals surface area contributed by atoms with Crippen LogP contribution in [0.2, 0.25) is 0 Å². The van der Waals surface area contributed by atoms with E-state index in [-0.39, 0.29) is 38.9 Å². The van der Waals surface area contributed by atoms with E-state index >= 15 is 4.79 Å². The van der Waals surface area contributed by atoms with Crippen molar-refractivity contribution in [3.05, 3.63) is 71.4 Å². The molecule has 1 aromatic heterocycles. The molecule has 49 heavy (non-hydrogen) atoms. The molecule has 2 aromatic carbocycles. The molecule has 0 spiro atoms. The number of hydrogen-bond acceptors (Lipinski definition) is 12. The molecular weight excluding hydrogens is 652 g/mol. The van der Waals surface area contributed by atoms with Crippen molar-refractivity contribution < 1.29 is 37.0 Å². The number of anilines is 1. The Morgan fingerprint density at radius 3 is 2.33 bits per heavy atom. The Bertz CT molecular complexity index is 1900. The Balaban J connectivity index is 1.44. The number of hydrogen-bond donors (Lipinski definition) is 0. The normalized spacial score (nSPS) is 20.4. The van der Waals surface area contributed by atoms with Crippen molar-refractivity contribution in [2.24, 2.45) is 0 Å². The standard InChI is InChI=1S/C34H38N6O8S/c1-37-14-11-24(12-15-37)38-16-18-39(19-17-38)33(42)48-34(26-6-5-13-36-31(26)47-4)27-20-23(22-35)7-9-28(27)40(32(34)41)49(43,44)30-10-8-25(45-2)21-29(30)46-3/h5-10,13,20-21,24H,11-12,14-19H2,1-4H3. The number of rotatable bonds is 8. The summed E-state index contributed by atoms with van der Waals surface area (Å²) >= 11 is 0. The molecule has 4 heterocycles. The first-order valence-electron chi connectivity index (χ1n) is 15.9. The zero-order valence-electron chi connectivity index (χ0n) is 27.8. The van der Waals surface area contributed by atoms with Gasteiger partial charge in [0.05, 0.1) is 44.2 Å². The summed E-state index contributed by atoms with van der Waals surface area (Å²) in [6, 6.07) is 13.6. The predicted octanol–water partition coefficient (Wildman–Crippen LogP) is 2.81. The molecule has 2 saturated heterocycles. The minimum atomic E-state index is -4.73. The average Bonchev–Trinajstić information content (AvgIpc) is 3.38. The van der Waals surface area contributed by atoms with Gasteiger partial charge in [-0.05, 0) is 75.4 Å². The van der Waals surface area contributed by atoms with Crippen LogP contribution in [0.1, 0.15) is 29.5 Å². The van der Waals surface area contributed by atoms with E-state index in [9.17, 15) is 18.5 Å². The van der Waals surface area contributed by atoms with Crippen LogP contribution < -0.4 is 18.5 Å². The first kappa shape index (κ1) is 34.0. The van der Waals surface area contributed by atoms with E-state index in [2.05, 4.69) is 21.8 Å². The Morgan fingerprint density at radius 2 is 1.67 bits per heavy atom. The second-order valence-corrected chi connectivity index (χ2v) is 13.9. The number of piperidine rings is 1. The SMILES string of the molecule is COc1ccc(S(=O)(=O)N2C(=O)C(OC(=O)N3CCN(C4CCN(C)CC4)CC3)(c3cccnc3OC)c3cc(C#N)ccc32)c(OC)c1. The molecule has 0 saturated carbocycles. The van der Waals surface area contributed by atoms with Crippen molar-refractivity contribution in [2.45, 2.75) is 29.4 Å². The van der Waals surface area contributed by atoms with Crippen LogP contribution in [0.25, 0.3) is 0 Å². The van der Waals surface area contributed by atoms with Gasteiger partial charge >= 0.3 is 6.09 Å². The molecule has 15 heteroatoms. The van der Waals surface area contributed by atoms with E-state index in [4.69, 9.17) is 18.9 Å². The average molecular weight is 691 g/mol. The lowest BCUT2D eigenvalue weighted by Crippen LogP contribution is -2.55. The third-order valence-corrected chi connectivity index (χ3v) is 11.2. The molecule has 0 radical (unpaired) electrons. The van der Waals surface area contributed by atoms with Crippen LogP contribution in [-0.4, -0.2) is 114 Å². The van der Waals surface area contributed by atoms with Crippen molar-refractivity contribution >= 4 is 27.7 Å². The largest absolute Gasteiger partial charge is 0.497 e. The van der Waals surface area contributed by atoms with Crippen molar-refractivity contribution in [1.29, 1.82) is 5.26 Å². The number of piperazine rings is 1. The molecule has 2 amide bonds. The Labute approximate surface area is 285 Å². The zero-order chi connectivity index (χ0) is 34.9. The maximum atomic E-state index is 15.0. The molecule has 1 unspecified atom stereocenters. The smallest absolute Gasteiger partial charge is 0.411 e. The first-order valence-corrected chi connectivity index (χ1v) is 17.3. The van der Waals surface area contributed by atoms with E-state index in [1.807, 2.05) is 6.07 Å². The molecule has 1 atom stereocenters. The summed E-state index contributed by atoms with van der Waals surface area (Å²) in [4.78, 5) is 39.3. The number of nitriles is 1. The number of carbonyl (C=O) groups excluding carboxylic acids is 2. The van der Waals surface area contributed by atoms with Crippen LogP contribution in [0, 0.1) is 11.3 Å². The highest BCUT2D eigenvalue weighted by Gasteiger charge is 2.61. The van der Waals surface area contributed by atoms with E-state index in [0.29, 0.717) is 42.3 Å². The number of aromatic nitrogens is 1. The van der Waals surface area contributed by atoms with Gasteiger partial charge in [0, 0.05) is 50.0 Å². The van der Waals surface area contributed by atoms with Gasteiger partial charge in [0.1, 0.15) is 16.4 Å². The van der Waals surface area contributed by atoms with Gasteiger partial charge in [-0.1, -0.05) is 0 Å².